The Labute approximate surface area is 101 Å². The van der Waals surface area contributed by atoms with Crippen molar-refractivity contribution in [3.8, 4) is 12.3 Å². The second kappa shape index (κ2) is 4.67. The molecular formula is C10H7ClINO. The summed E-state index contributed by atoms with van der Waals surface area (Å²) in [5.41, 5.74) is 1.53. The molecule has 0 saturated carbocycles. The number of alkyl halides is 2. The van der Waals surface area contributed by atoms with Crippen molar-refractivity contribution in [2.24, 2.45) is 0 Å². The smallest absolute Gasteiger partial charge is 0.211 e. The first-order valence-electron chi connectivity index (χ1n) is 3.76. The molecule has 1 aromatic carbocycles. The molecule has 2 nitrogen and oxygen atoms in total. The van der Waals surface area contributed by atoms with E-state index in [9.17, 15) is 4.79 Å². The van der Waals surface area contributed by atoms with E-state index in [0.717, 1.165) is 5.56 Å². The lowest BCUT2D eigenvalue weighted by Crippen LogP contribution is -2.05. The maximum Gasteiger partial charge on any atom is 0.211 e. The molecule has 14 heavy (non-hydrogen) atoms. The standard InChI is InChI=1S/C10H7ClINO/c1-2-10(11,12)8-3-5-9(6-4-8)13-7-14/h1,3-7H,(H,13,14). The molecule has 0 radical (unpaired) electrons. The minimum Gasteiger partial charge on any atom is -0.329 e. The topological polar surface area (TPSA) is 29.1 Å². The summed E-state index contributed by atoms with van der Waals surface area (Å²) in [5, 5.41) is 2.53. The van der Waals surface area contributed by atoms with Crippen molar-refractivity contribution >= 4 is 46.3 Å². The number of carbonyl (C=O) groups excluding carboxylic acids is 1. The van der Waals surface area contributed by atoms with Crippen LogP contribution in [0.4, 0.5) is 5.69 Å². The van der Waals surface area contributed by atoms with E-state index in [1.807, 2.05) is 22.6 Å². The summed E-state index contributed by atoms with van der Waals surface area (Å²) in [4.78, 5) is 10.1. The summed E-state index contributed by atoms with van der Waals surface area (Å²) < 4.78 is -0.822. The average molecular weight is 320 g/mol. The number of anilines is 1. The van der Waals surface area contributed by atoms with Gasteiger partial charge in [0.1, 0.15) is 0 Å². The number of amides is 1. The first-order valence-corrected chi connectivity index (χ1v) is 5.22. The molecule has 0 bridgehead atoms. The molecule has 1 unspecified atom stereocenters. The van der Waals surface area contributed by atoms with E-state index in [0.29, 0.717) is 12.1 Å². The summed E-state index contributed by atoms with van der Waals surface area (Å²) in [6.45, 7) is 0. The van der Waals surface area contributed by atoms with E-state index in [1.54, 1.807) is 24.3 Å². The van der Waals surface area contributed by atoms with Crippen molar-refractivity contribution in [3.63, 3.8) is 0 Å². The average Bonchev–Trinajstić information content (AvgIpc) is 2.19. The van der Waals surface area contributed by atoms with Crippen LogP contribution in [0.25, 0.3) is 0 Å². The molecule has 72 valence electrons. The van der Waals surface area contributed by atoms with Crippen LogP contribution in [-0.4, -0.2) is 6.41 Å². The highest BCUT2D eigenvalue weighted by molar-refractivity contribution is 14.1. The summed E-state index contributed by atoms with van der Waals surface area (Å²) in [6.07, 6.45) is 5.89. The van der Waals surface area contributed by atoms with Gasteiger partial charge in [0, 0.05) is 5.69 Å². The number of rotatable bonds is 3. The fraction of sp³-hybridized carbons (Fsp3) is 0.100. The van der Waals surface area contributed by atoms with Gasteiger partial charge < -0.3 is 5.32 Å². The molecule has 4 heteroatoms. The molecule has 1 aromatic rings. The SMILES string of the molecule is C#CC(Cl)(I)c1ccc(NC=O)cc1. The maximum absolute atomic E-state index is 10.1. The lowest BCUT2D eigenvalue weighted by atomic mass is 10.1. The van der Waals surface area contributed by atoms with Crippen LogP contribution < -0.4 is 5.32 Å². The fourth-order valence-electron chi connectivity index (χ4n) is 0.927. The van der Waals surface area contributed by atoms with Gasteiger partial charge in [-0.3, -0.25) is 4.79 Å². The molecule has 0 spiro atoms. The van der Waals surface area contributed by atoms with Gasteiger partial charge in [0.2, 0.25) is 6.41 Å². The van der Waals surface area contributed by atoms with E-state index in [2.05, 4.69) is 11.2 Å². The molecular weight excluding hydrogens is 312 g/mol. The van der Waals surface area contributed by atoms with Gasteiger partial charge in [0.25, 0.3) is 0 Å². The Bertz CT molecular complexity index is 367. The third-order valence-electron chi connectivity index (χ3n) is 1.65. The summed E-state index contributed by atoms with van der Waals surface area (Å²) in [6, 6.07) is 7.06. The Morgan fingerprint density at radius 3 is 2.50 bits per heavy atom. The monoisotopic (exact) mass is 319 g/mol. The Morgan fingerprint density at radius 2 is 2.07 bits per heavy atom. The van der Waals surface area contributed by atoms with Crippen molar-refractivity contribution < 1.29 is 4.79 Å². The van der Waals surface area contributed by atoms with Crippen molar-refractivity contribution in [2.75, 3.05) is 5.32 Å². The predicted octanol–water partition coefficient (Wildman–Crippen LogP) is 2.71. The largest absolute Gasteiger partial charge is 0.329 e. The molecule has 0 fully saturated rings. The maximum atomic E-state index is 10.1. The highest BCUT2D eigenvalue weighted by atomic mass is 127. The minimum absolute atomic E-state index is 0.619. The zero-order chi connectivity index (χ0) is 10.6. The fourth-order valence-corrected chi connectivity index (χ4v) is 1.41. The summed E-state index contributed by atoms with van der Waals surface area (Å²) >= 11 is 8.01. The lowest BCUT2D eigenvalue weighted by molar-refractivity contribution is -0.105. The van der Waals surface area contributed by atoms with Crippen LogP contribution in [0.2, 0.25) is 0 Å². The van der Waals surface area contributed by atoms with Gasteiger partial charge in [-0.1, -0.05) is 29.7 Å². The molecule has 0 aliphatic rings. The Morgan fingerprint density at radius 1 is 1.50 bits per heavy atom. The van der Waals surface area contributed by atoms with Gasteiger partial charge in [0.05, 0.1) is 0 Å². The van der Waals surface area contributed by atoms with E-state index in [4.69, 9.17) is 18.0 Å². The van der Waals surface area contributed by atoms with E-state index in [1.165, 1.54) is 0 Å². The number of hydrogen-bond donors (Lipinski definition) is 1. The molecule has 1 atom stereocenters. The van der Waals surface area contributed by atoms with Gasteiger partial charge in [-0.05, 0) is 40.3 Å². The third kappa shape index (κ3) is 2.63. The molecule has 0 aliphatic heterocycles. The van der Waals surface area contributed by atoms with Crippen molar-refractivity contribution in [1.82, 2.24) is 0 Å². The van der Waals surface area contributed by atoms with E-state index >= 15 is 0 Å². The zero-order valence-electron chi connectivity index (χ0n) is 7.13. The van der Waals surface area contributed by atoms with Crippen LogP contribution in [-0.2, 0) is 7.68 Å². The normalized spacial score (nSPS) is 13.8. The second-order valence-electron chi connectivity index (χ2n) is 2.56. The van der Waals surface area contributed by atoms with Crippen molar-refractivity contribution in [1.29, 1.82) is 0 Å². The number of hydrogen-bond acceptors (Lipinski definition) is 1. The molecule has 0 aliphatic carbocycles. The Hall–Kier alpha value is -0.730. The molecule has 0 saturated heterocycles. The second-order valence-corrected chi connectivity index (χ2v) is 5.38. The molecule has 0 heterocycles. The van der Waals surface area contributed by atoms with Crippen molar-refractivity contribution in [2.45, 2.75) is 2.88 Å². The van der Waals surface area contributed by atoms with Gasteiger partial charge in [0.15, 0.2) is 2.88 Å². The van der Waals surface area contributed by atoms with Crippen molar-refractivity contribution in [3.05, 3.63) is 29.8 Å². The van der Waals surface area contributed by atoms with Crippen LogP contribution in [0.15, 0.2) is 24.3 Å². The molecule has 1 N–H and O–H groups in total. The van der Waals surface area contributed by atoms with Crippen LogP contribution in [0, 0.1) is 12.3 Å². The Kier molecular flexibility index (Phi) is 3.78. The summed E-state index contributed by atoms with van der Waals surface area (Å²) in [7, 11) is 0. The summed E-state index contributed by atoms with van der Waals surface area (Å²) in [5.74, 6) is 2.47. The highest BCUT2D eigenvalue weighted by Gasteiger charge is 2.21. The van der Waals surface area contributed by atoms with E-state index < -0.39 is 2.88 Å². The number of halogens is 2. The van der Waals surface area contributed by atoms with E-state index in [-0.39, 0.29) is 0 Å². The van der Waals surface area contributed by atoms with Gasteiger partial charge in [-0.15, -0.1) is 6.42 Å². The number of nitrogens with one attached hydrogen (secondary N) is 1. The molecule has 1 amide bonds. The van der Waals surface area contributed by atoms with Crippen LogP contribution in [0.3, 0.4) is 0 Å². The van der Waals surface area contributed by atoms with Gasteiger partial charge in [-0.25, -0.2) is 0 Å². The first kappa shape index (κ1) is 11.3. The molecule has 0 aromatic heterocycles. The lowest BCUT2D eigenvalue weighted by Gasteiger charge is -2.13. The molecule has 1 rings (SSSR count). The van der Waals surface area contributed by atoms with Gasteiger partial charge >= 0.3 is 0 Å². The number of terminal acetylenes is 1. The zero-order valence-corrected chi connectivity index (χ0v) is 10.0. The Balaban J connectivity index is 2.95. The van der Waals surface area contributed by atoms with Crippen LogP contribution >= 0.6 is 34.2 Å². The highest BCUT2D eigenvalue weighted by Crippen LogP contribution is 2.35. The van der Waals surface area contributed by atoms with Crippen LogP contribution in [0.1, 0.15) is 5.56 Å². The number of carbonyl (C=O) groups is 1. The minimum atomic E-state index is -0.822. The predicted molar refractivity (Wildman–Crippen MR) is 66.5 cm³/mol. The first-order chi connectivity index (χ1) is 6.60. The van der Waals surface area contributed by atoms with Crippen LogP contribution in [0.5, 0.6) is 0 Å². The third-order valence-corrected chi connectivity index (χ3v) is 2.92. The number of benzene rings is 1. The quantitative estimate of drug-likeness (QED) is 0.395. The van der Waals surface area contributed by atoms with Gasteiger partial charge in [-0.2, -0.15) is 0 Å².